The van der Waals surface area contributed by atoms with Gasteiger partial charge in [-0.1, -0.05) is 24.8 Å². The fourth-order valence-corrected chi connectivity index (χ4v) is 1.13. The zero-order valence-electron chi connectivity index (χ0n) is 6.64. The molecule has 0 amide bonds. The first-order valence-corrected chi connectivity index (χ1v) is 3.83. The maximum absolute atomic E-state index is 5.17. The lowest BCUT2D eigenvalue weighted by atomic mass is 9.97. The highest BCUT2D eigenvalue weighted by molar-refractivity contribution is 5.40. The van der Waals surface area contributed by atoms with Crippen molar-refractivity contribution in [1.29, 1.82) is 0 Å². The molecule has 0 saturated heterocycles. The molecular formula is C11H12. The minimum atomic E-state index is 0.818. The highest BCUT2D eigenvalue weighted by Crippen LogP contribution is 2.20. The van der Waals surface area contributed by atoms with Crippen molar-refractivity contribution in [3.8, 4) is 12.3 Å². The summed E-state index contributed by atoms with van der Waals surface area (Å²) in [6.07, 6.45) is 14.4. The molecule has 0 aromatic rings. The third-order valence-electron chi connectivity index (χ3n) is 1.77. The van der Waals surface area contributed by atoms with E-state index in [0.717, 1.165) is 24.8 Å². The fourth-order valence-electron chi connectivity index (χ4n) is 1.13. The van der Waals surface area contributed by atoms with Gasteiger partial charge in [-0.05, 0) is 24.0 Å². The largest absolute Gasteiger partial charge is 0.120 e. The Morgan fingerprint density at radius 3 is 3.09 bits per heavy atom. The maximum Gasteiger partial charge on any atom is 0.0127 e. The molecule has 1 rings (SSSR count). The third kappa shape index (κ3) is 2.13. The van der Waals surface area contributed by atoms with E-state index in [1.807, 2.05) is 0 Å². The van der Waals surface area contributed by atoms with Gasteiger partial charge in [-0.25, -0.2) is 0 Å². The van der Waals surface area contributed by atoms with E-state index in [4.69, 9.17) is 6.42 Å². The molecule has 0 radical (unpaired) electrons. The van der Waals surface area contributed by atoms with Gasteiger partial charge in [0.05, 0.1) is 0 Å². The van der Waals surface area contributed by atoms with E-state index >= 15 is 0 Å². The molecule has 11 heavy (non-hydrogen) atoms. The molecule has 0 N–H and O–H groups in total. The van der Waals surface area contributed by atoms with Crippen LogP contribution < -0.4 is 0 Å². The Hall–Kier alpha value is -1.22. The van der Waals surface area contributed by atoms with Gasteiger partial charge in [0.25, 0.3) is 0 Å². The zero-order chi connectivity index (χ0) is 8.10. The van der Waals surface area contributed by atoms with Crippen LogP contribution in [0.25, 0.3) is 0 Å². The van der Waals surface area contributed by atoms with Crippen molar-refractivity contribution >= 4 is 0 Å². The van der Waals surface area contributed by atoms with Gasteiger partial charge < -0.3 is 0 Å². The lowest BCUT2D eigenvalue weighted by Crippen LogP contribution is -1.89. The number of terminal acetylenes is 1. The number of hydrogen-bond acceptors (Lipinski definition) is 0. The van der Waals surface area contributed by atoms with Crippen LogP contribution in [0.4, 0.5) is 0 Å². The number of rotatable bonds is 2. The average molecular weight is 144 g/mol. The molecule has 0 heterocycles. The molecule has 0 nitrogen and oxygen atoms in total. The van der Waals surface area contributed by atoms with Gasteiger partial charge in [-0.2, -0.15) is 0 Å². The lowest BCUT2D eigenvalue weighted by molar-refractivity contribution is 1.00. The standard InChI is InChI=1S/C11H12/c1-3-4-8-11-9-6-5-7-10(11)2/h1,5,7,9H,2,4,6,8H2. The minimum Gasteiger partial charge on any atom is -0.120 e. The summed E-state index contributed by atoms with van der Waals surface area (Å²) in [5, 5.41) is 0. The minimum absolute atomic E-state index is 0.818. The van der Waals surface area contributed by atoms with E-state index in [1.54, 1.807) is 0 Å². The fraction of sp³-hybridized carbons (Fsp3) is 0.273. The molecule has 0 atom stereocenters. The van der Waals surface area contributed by atoms with Crippen molar-refractivity contribution < 1.29 is 0 Å². The Morgan fingerprint density at radius 1 is 1.64 bits per heavy atom. The highest BCUT2D eigenvalue weighted by Gasteiger charge is 2.01. The quantitative estimate of drug-likeness (QED) is 0.523. The Kier molecular flexibility index (Phi) is 2.74. The van der Waals surface area contributed by atoms with Crippen LogP contribution in [0.5, 0.6) is 0 Å². The van der Waals surface area contributed by atoms with E-state index in [-0.39, 0.29) is 0 Å². The van der Waals surface area contributed by atoms with Crippen molar-refractivity contribution in [3.05, 3.63) is 36.0 Å². The van der Waals surface area contributed by atoms with Crippen LogP contribution in [-0.4, -0.2) is 0 Å². The van der Waals surface area contributed by atoms with E-state index in [1.165, 1.54) is 5.57 Å². The first kappa shape index (κ1) is 7.88. The van der Waals surface area contributed by atoms with Crippen molar-refractivity contribution in [2.45, 2.75) is 19.3 Å². The Morgan fingerprint density at radius 2 is 2.45 bits per heavy atom. The van der Waals surface area contributed by atoms with Crippen molar-refractivity contribution in [2.24, 2.45) is 0 Å². The summed E-state index contributed by atoms with van der Waals surface area (Å²) in [6.45, 7) is 3.92. The van der Waals surface area contributed by atoms with Gasteiger partial charge in [0.2, 0.25) is 0 Å². The van der Waals surface area contributed by atoms with Crippen molar-refractivity contribution in [2.75, 3.05) is 0 Å². The molecule has 1 aliphatic carbocycles. The zero-order valence-corrected chi connectivity index (χ0v) is 6.64. The summed E-state index contributed by atoms with van der Waals surface area (Å²) in [5.74, 6) is 2.63. The van der Waals surface area contributed by atoms with Crippen molar-refractivity contribution in [3.63, 3.8) is 0 Å². The van der Waals surface area contributed by atoms with Crippen LogP contribution >= 0.6 is 0 Å². The maximum atomic E-state index is 5.17. The first-order valence-electron chi connectivity index (χ1n) is 3.83. The summed E-state index contributed by atoms with van der Waals surface area (Å²) in [6, 6.07) is 0. The monoisotopic (exact) mass is 144 g/mol. The number of allylic oxidation sites excluding steroid dienone is 5. The van der Waals surface area contributed by atoms with Crippen LogP contribution in [0.1, 0.15) is 19.3 Å². The molecular weight excluding hydrogens is 132 g/mol. The van der Waals surface area contributed by atoms with Gasteiger partial charge >= 0.3 is 0 Å². The van der Waals surface area contributed by atoms with E-state index in [2.05, 4.69) is 30.7 Å². The van der Waals surface area contributed by atoms with E-state index in [9.17, 15) is 0 Å². The topological polar surface area (TPSA) is 0 Å². The SMILES string of the molecule is C#CCCC1=CCC=CC1=C. The molecule has 0 bridgehead atoms. The summed E-state index contributed by atoms with van der Waals surface area (Å²) < 4.78 is 0. The average Bonchev–Trinajstić information content (AvgIpc) is 2.03. The Bertz CT molecular complexity index is 246. The van der Waals surface area contributed by atoms with Crippen LogP contribution in [0.2, 0.25) is 0 Å². The first-order chi connectivity index (χ1) is 5.34. The molecule has 0 heteroatoms. The Labute approximate surface area is 68.3 Å². The summed E-state index contributed by atoms with van der Waals surface area (Å²) >= 11 is 0. The predicted octanol–water partition coefficient (Wildman–Crippen LogP) is 2.84. The van der Waals surface area contributed by atoms with Crippen LogP contribution in [0, 0.1) is 12.3 Å². The Balaban J connectivity index is 2.52. The normalized spacial score (nSPS) is 15.9. The van der Waals surface area contributed by atoms with Gasteiger partial charge in [-0.3, -0.25) is 0 Å². The summed E-state index contributed by atoms with van der Waals surface area (Å²) in [5.41, 5.74) is 2.43. The molecule has 0 aromatic heterocycles. The second kappa shape index (κ2) is 3.83. The van der Waals surface area contributed by atoms with Gasteiger partial charge in [0.1, 0.15) is 0 Å². The predicted molar refractivity (Wildman–Crippen MR) is 49.0 cm³/mol. The molecule has 0 aliphatic heterocycles. The molecule has 0 fully saturated rings. The molecule has 0 saturated carbocycles. The van der Waals surface area contributed by atoms with Crippen LogP contribution in [-0.2, 0) is 0 Å². The van der Waals surface area contributed by atoms with Gasteiger partial charge in [0.15, 0.2) is 0 Å². The highest BCUT2D eigenvalue weighted by atomic mass is 14.1. The summed E-state index contributed by atoms with van der Waals surface area (Å²) in [4.78, 5) is 0. The van der Waals surface area contributed by atoms with Gasteiger partial charge in [0, 0.05) is 6.42 Å². The van der Waals surface area contributed by atoms with E-state index in [0.29, 0.717) is 0 Å². The lowest BCUT2D eigenvalue weighted by Gasteiger charge is -2.08. The molecule has 56 valence electrons. The van der Waals surface area contributed by atoms with Crippen LogP contribution in [0.15, 0.2) is 36.0 Å². The van der Waals surface area contributed by atoms with E-state index < -0.39 is 0 Å². The van der Waals surface area contributed by atoms with Gasteiger partial charge in [-0.15, -0.1) is 12.3 Å². The number of hydrogen-bond donors (Lipinski definition) is 0. The molecule has 0 spiro atoms. The second-order valence-corrected chi connectivity index (χ2v) is 2.60. The molecule has 0 aromatic carbocycles. The molecule has 0 unspecified atom stereocenters. The molecule has 1 aliphatic rings. The third-order valence-corrected chi connectivity index (χ3v) is 1.77. The smallest absolute Gasteiger partial charge is 0.0127 e. The second-order valence-electron chi connectivity index (χ2n) is 2.60. The summed E-state index contributed by atoms with van der Waals surface area (Å²) in [7, 11) is 0. The van der Waals surface area contributed by atoms with Crippen LogP contribution in [0.3, 0.4) is 0 Å². The van der Waals surface area contributed by atoms with Crippen molar-refractivity contribution in [1.82, 2.24) is 0 Å².